The molecule has 2 heterocycles. The van der Waals surface area contributed by atoms with E-state index in [-0.39, 0.29) is 23.8 Å². The molecule has 6 nitrogen and oxygen atoms in total. The highest BCUT2D eigenvalue weighted by Crippen LogP contribution is 2.39. The van der Waals surface area contributed by atoms with Crippen molar-refractivity contribution in [3.8, 4) is 0 Å². The van der Waals surface area contributed by atoms with E-state index in [0.29, 0.717) is 10.9 Å². The molecule has 1 aromatic carbocycles. The average molecular weight is 400 g/mol. The van der Waals surface area contributed by atoms with Gasteiger partial charge in [0.25, 0.3) is 5.56 Å². The zero-order valence-electron chi connectivity index (χ0n) is 16.8. The van der Waals surface area contributed by atoms with Crippen molar-refractivity contribution in [2.75, 3.05) is 17.8 Å². The molecule has 1 aromatic heterocycles. The van der Waals surface area contributed by atoms with Gasteiger partial charge in [-0.05, 0) is 44.9 Å². The van der Waals surface area contributed by atoms with E-state index in [1.807, 2.05) is 25.7 Å². The minimum absolute atomic E-state index is 0.0367. The highest BCUT2D eigenvalue weighted by atomic mass is 32.2. The number of allylic oxidation sites excluding steroid dienone is 1. The van der Waals surface area contributed by atoms with E-state index in [1.165, 1.54) is 17.8 Å². The zero-order valence-corrected chi connectivity index (χ0v) is 17.6. The average Bonchev–Trinajstić information content (AvgIpc) is 2.58. The molecular weight excluding hydrogens is 374 g/mol. The number of hydrogen-bond donors (Lipinski definition) is 1. The van der Waals surface area contributed by atoms with Crippen molar-refractivity contribution < 1.29 is 9.53 Å². The number of nitrogens with zero attached hydrogens (tertiary/aromatic N) is 2. The van der Waals surface area contributed by atoms with Gasteiger partial charge in [0.1, 0.15) is 0 Å². The topological polar surface area (TPSA) is 75.3 Å². The quantitative estimate of drug-likeness (QED) is 0.615. The maximum atomic E-state index is 13.2. The summed E-state index contributed by atoms with van der Waals surface area (Å²) in [5.74, 6) is 0.133. The Hall–Kier alpha value is -2.38. The molecule has 3 rings (SSSR count). The van der Waals surface area contributed by atoms with Crippen molar-refractivity contribution in [3.63, 3.8) is 0 Å². The minimum atomic E-state index is -0.443. The lowest BCUT2D eigenvalue weighted by Crippen LogP contribution is -2.49. The maximum Gasteiger partial charge on any atom is 0.251 e. The Balaban J connectivity index is 1.86. The molecule has 1 aliphatic heterocycles. The molecule has 148 valence electrons. The van der Waals surface area contributed by atoms with Gasteiger partial charge < -0.3 is 14.6 Å². The Morgan fingerprint density at radius 3 is 2.75 bits per heavy atom. The first-order chi connectivity index (χ1) is 13.2. The fourth-order valence-electron chi connectivity index (χ4n) is 3.57. The van der Waals surface area contributed by atoms with E-state index < -0.39 is 5.54 Å². The minimum Gasteiger partial charge on any atom is -0.378 e. The Kier molecular flexibility index (Phi) is 5.76. The van der Waals surface area contributed by atoms with Crippen LogP contribution in [0.15, 0.2) is 40.3 Å². The first kappa shape index (κ1) is 20.4. The molecule has 0 radical (unpaired) electrons. The van der Waals surface area contributed by atoms with Crippen LogP contribution in [0.4, 0.5) is 5.69 Å². The third-order valence-corrected chi connectivity index (χ3v) is 5.47. The Labute approximate surface area is 169 Å². The van der Waals surface area contributed by atoms with Crippen molar-refractivity contribution >= 4 is 28.9 Å². The summed E-state index contributed by atoms with van der Waals surface area (Å²) in [7, 11) is 1.55. The molecule has 0 saturated carbocycles. The molecule has 28 heavy (non-hydrogen) atoms. The molecule has 7 heteroatoms. The summed E-state index contributed by atoms with van der Waals surface area (Å²) in [4.78, 5) is 33.9. The van der Waals surface area contributed by atoms with Crippen LogP contribution in [-0.4, -0.2) is 34.3 Å². The van der Waals surface area contributed by atoms with Crippen LogP contribution in [0.1, 0.15) is 37.6 Å². The van der Waals surface area contributed by atoms with Gasteiger partial charge in [-0.3, -0.25) is 9.59 Å². The second-order valence-corrected chi connectivity index (χ2v) is 8.46. The van der Waals surface area contributed by atoms with E-state index >= 15 is 0 Å². The highest BCUT2D eigenvalue weighted by molar-refractivity contribution is 7.99. The molecule has 0 bridgehead atoms. The molecule has 0 aliphatic carbocycles. The molecule has 1 N–H and O–H groups in total. The van der Waals surface area contributed by atoms with E-state index in [1.54, 1.807) is 7.11 Å². The summed E-state index contributed by atoms with van der Waals surface area (Å²) >= 11 is 1.22. The lowest BCUT2D eigenvalue weighted by molar-refractivity contribution is -0.116. The number of H-pyrrole nitrogens is 1. The van der Waals surface area contributed by atoms with Gasteiger partial charge in [0.15, 0.2) is 5.16 Å². The summed E-state index contributed by atoms with van der Waals surface area (Å²) in [6, 6.07) is 7.57. The van der Waals surface area contributed by atoms with Gasteiger partial charge in [-0.15, -0.1) is 0 Å². The summed E-state index contributed by atoms with van der Waals surface area (Å²) in [5.41, 5.74) is 4.10. The number of anilines is 1. The maximum absolute atomic E-state index is 13.2. The van der Waals surface area contributed by atoms with Gasteiger partial charge in [-0.1, -0.05) is 30.0 Å². The van der Waals surface area contributed by atoms with Crippen molar-refractivity contribution in [3.05, 3.63) is 57.5 Å². The number of nitrogens with one attached hydrogen (secondary N) is 1. The molecular formula is C21H25N3O3S. The van der Waals surface area contributed by atoms with Crippen molar-refractivity contribution in [1.82, 2.24) is 9.97 Å². The fraction of sp³-hybridized carbons (Fsp3) is 0.381. The van der Waals surface area contributed by atoms with Gasteiger partial charge in [0, 0.05) is 18.7 Å². The number of carbonyl (C=O) groups is 1. The number of aromatic nitrogens is 2. The zero-order chi connectivity index (χ0) is 20.5. The number of aryl methyl sites for hydroxylation is 1. The van der Waals surface area contributed by atoms with Crippen LogP contribution in [0.3, 0.4) is 0 Å². The summed E-state index contributed by atoms with van der Waals surface area (Å²) < 4.78 is 5.04. The molecule has 1 aliphatic rings. The summed E-state index contributed by atoms with van der Waals surface area (Å²) in [6.07, 6.45) is 2.12. The monoisotopic (exact) mass is 399 g/mol. The lowest BCUT2D eigenvalue weighted by atomic mass is 9.88. The van der Waals surface area contributed by atoms with Gasteiger partial charge >= 0.3 is 0 Å². The normalized spacial score (nSPS) is 15.2. The third-order valence-electron chi connectivity index (χ3n) is 4.61. The first-order valence-electron chi connectivity index (χ1n) is 9.07. The number of methoxy groups -OCH3 is 1. The van der Waals surface area contributed by atoms with Crippen LogP contribution in [-0.2, 0) is 16.1 Å². The summed E-state index contributed by atoms with van der Waals surface area (Å²) in [6.45, 7) is 8.41. The Bertz CT molecular complexity index is 995. The van der Waals surface area contributed by atoms with E-state index in [4.69, 9.17) is 4.74 Å². The molecule has 2 aromatic rings. The second-order valence-electron chi connectivity index (χ2n) is 7.49. The number of rotatable bonds is 5. The Morgan fingerprint density at radius 1 is 1.29 bits per heavy atom. The molecule has 0 spiro atoms. The van der Waals surface area contributed by atoms with E-state index in [0.717, 1.165) is 22.4 Å². The van der Waals surface area contributed by atoms with E-state index in [9.17, 15) is 9.59 Å². The number of fused-ring (bicyclic) bond motifs is 1. The SMILES string of the molecule is COCc1cc(=O)[nH]c(SCC(=O)N2c3cc(C)ccc3C(C)=CC2(C)C)n1. The Morgan fingerprint density at radius 2 is 2.04 bits per heavy atom. The van der Waals surface area contributed by atoms with Crippen LogP contribution >= 0.6 is 11.8 Å². The number of benzene rings is 1. The summed E-state index contributed by atoms with van der Waals surface area (Å²) in [5, 5.41) is 0.416. The highest BCUT2D eigenvalue weighted by Gasteiger charge is 2.35. The van der Waals surface area contributed by atoms with Crippen LogP contribution in [0.5, 0.6) is 0 Å². The van der Waals surface area contributed by atoms with Gasteiger partial charge in [-0.25, -0.2) is 4.98 Å². The van der Waals surface area contributed by atoms with Crippen LogP contribution in [0.25, 0.3) is 5.57 Å². The molecule has 1 amide bonds. The number of thioether (sulfide) groups is 1. The number of carbonyl (C=O) groups excluding carboxylic acids is 1. The standard InChI is InChI=1S/C21H25N3O3S/c1-13-6-7-16-14(2)10-21(3,4)24(17(16)8-13)19(26)12-28-20-22-15(11-27-5)9-18(25)23-20/h6-10H,11-12H2,1-5H3,(H,22,23,25). The van der Waals surface area contributed by atoms with E-state index in [2.05, 4.69) is 41.2 Å². The number of hydrogen-bond acceptors (Lipinski definition) is 5. The lowest BCUT2D eigenvalue weighted by Gasteiger charge is -2.41. The predicted molar refractivity (Wildman–Crippen MR) is 113 cm³/mol. The van der Waals surface area contributed by atoms with Crippen LogP contribution < -0.4 is 10.5 Å². The van der Waals surface area contributed by atoms with Crippen molar-refractivity contribution in [2.45, 2.75) is 45.0 Å². The number of aromatic amines is 1. The van der Waals surface area contributed by atoms with Crippen molar-refractivity contribution in [2.24, 2.45) is 0 Å². The van der Waals surface area contributed by atoms with Gasteiger partial charge in [0.05, 0.1) is 29.3 Å². The third kappa shape index (κ3) is 4.20. The smallest absolute Gasteiger partial charge is 0.251 e. The largest absolute Gasteiger partial charge is 0.378 e. The molecule has 0 fully saturated rings. The predicted octanol–water partition coefficient (Wildman–Crippen LogP) is 3.55. The molecule has 0 saturated heterocycles. The molecule has 0 atom stereocenters. The second kappa shape index (κ2) is 7.93. The first-order valence-corrected chi connectivity index (χ1v) is 10.1. The van der Waals surface area contributed by atoms with Crippen LogP contribution in [0.2, 0.25) is 0 Å². The van der Waals surface area contributed by atoms with Crippen molar-refractivity contribution in [1.29, 1.82) is 0 Å². The van der Waals surface area contributed by atoms with Gasteiger partial charge in [0.2, 0.25) is 5.91 Å². The fourth-order valence-corrected chi connectivity index (χ4v) is 4.31. The van der Waals surface area contributed by atoms with Crippen LogP contribution in [0, 0.1) is 6.92 Å². The molecule has 0 unspecified atom stereocenters. The van der Waals surface area contributed by atoms with Gasteiger partial charge in [-0.2, -0.15) is 0 Å². The number of ether oxygens (including phenoxy) is 1. The number of amides is 1.